The summed E-state index contributed by atoms with van der Waals surface area (Å²) in [7, 11) is 0. The van der Waals surface area contributed by atoms with E-state index in [4.69, 9.17) is 9.84 Å². The predicted molar refractivity (Wildman–Crippen MR) is 130 cm³/mol. The SMILES string of the molecule is Cc1cccc(NC(=O)/C(C#N)=C/c2cc(Br)ccc2OCc2ccc(C(=O)O)cc2)c1C. The molecule has 0 spiro atoms. The summed E-state index contributed by atoms with van der Waals surface area (Å²) in [6.45, 7) is 4.05. The number of nitrogens with one attached hydrogen (secondary N) is 1. The van der Waals surface area contributed by atoms with Crippen molar-refractivity contribution in [2.45, 2.75) is 20.5 Å². The average molecular weight is 505 g/mol. The van der Waals surface area contributed by atoms with Crippen molar-refractivity contribution < 1.29 is 19.4 Å². The molecule has 0 unspecified atom stereocenters. The first-order valence-corrected chi connectivity index (χ1v) is 10.8. The van der Waals surface area contributed by atoms with Crippen LogP contribution in [0, 0.1) is 25.2 Å². The average Bonchev–Trinajstić information content (AvgIpc) is 2.80. The first kappa shape index (κ1) is 23.8. The Labute approximate surface area is 200 Å². The highest BCUT2D eigenvalue weighted by Crippen LogP contribution is 2.27. The molecule has 2 N–H and O–H groups in total. The van der Waals surface area contributed by atoms with E-state index >= 15 is 0 Å². The number of hydrogen-bond donors (Lipinski definition) is 2. The van der Waals surface area contributed by atoms with Crippen molar-refractivity contribution in [2.75, 3.05) is 5.32 Å². The number of carboxylic acids is 1. The fourth-order valence-electron chi connectivity index (χ4n) is 3.05. The predicted octanol–water partition coefficient (Wildman–Crippen LogP) is 5.89. The molecule has 3 aromatic rings. The zero-order valence-corrected chi connectivity index (χ0v) is 19.6. The van der Waals surface area contributed by atoms with Crippen LogP contribution >= 0.6 is 15.9 Å². The number of amides is 1. The van der Waals surface area contributed by atoms with E-state index in [1.165, 1.54) is 18.2 Å². The van der Waals surface area contributed by atoms with Crippen LogP contribution in [0.1, 0.15) is 32.6 Å². The molecule has 166 valence electrons. The molecule has 7 heteroatoms. The minimum Gasteiger partial charge on any atom is -0.488 e. The number of carbonyl (C=O) groups is 2. The van der Waals surface area contributed by atoms with Crippen molar-refractivity contribution in [1.29, 1.82) is 5.26 Å². The number of hydrogen-bond acceptors (Lipinski definition) is 4. The molecule has 0 saturated heterocycles. The highest BCUT2D eigenvalue weighted by molar-refractivity contribution is 9.10. The molecule has 0 aliphatic heterocycles. The molecule has 3 aromatic carbocycles. The molecule has 0 aromatic heterocycles. The number of carbonyl (C=O) groups excluding carboxylic acids is 1. The molecule has 3 rings (SSSR count). The third kappa shape index (κ3) is 6.09. The van der Waals surface area contributed by atoms with E-state index in [-0.39, 0.29) is 17.7 Å². The summed E-state index contributed by atoms with van der Waals surface area (Å²) in [5.41, 5.74) is 4.09. The summed E-state index contributed by atoms with van der Waals surface area (Å²) in [6.07, 6.45) is 1.48. The lowest BCUT2D eigenvalue weighted by Gasteiger charge is -2.12. The van der Waals surface area contributed by atoms with Crippen LogP contribution in [0.25, 0.3) is 6.08 Å². The topological polar surface area (TPSA) is 99.4 Å². The van der Waals surface area contributed by atoms with E-state index in [1.54, 1.807) is 36.4 Å². The molecule has 0 aliphatic rings. The van der Waals surface area contributed by atoms with Gasteiger partial charge in [-0.15, -0.1) is 0 Å². The standard InChI is InChI=1S/C26H21BrN2O4/c1-16-4-3-5-23(17(16)2)29-25(30)21(14-28)12-20-13-22(27)10-11-24(20)33-15-18-6-8-19(9-7-18)26(31)32/h3-13H,15H2,1-2H3,(H,29,30)(H,31,32)/b21-12+. The molecule has 33 heavy (non-hydrogen) atoms. The Hall–Kier alpha value is -3.89. The minimum absolute atomic E-state index is 0.0651. The Morgan fingerprint density at radius 1 is 1.12 bits per heavy atom. The fraction of sp³-hybridized carbons (Fsp3) is 0.115. The van der Waals surface area contributed by atoms with Gasteiger partial charge >= 0.3 is 5.97 Å². The molecule has 0 bridgehead atoms. The Morgan fingerprint density at radius 3 is 2.52 bits per heavy atom. The van der Waals surface area contributed by atoms with Crippen molar-refractivity contribution in [2.24, 2.45) is 0 Å². The second-order valence-corrected chi connectivity index (χ2v) is 8.26. The van der Waals surface area contributed by atoms with Gasteiger partial charge in [-0.3, -0.25) is 4.79 Å². The number of aromatic carboxylic acids is 1. The van der Waals surface area contributed by atoms with Gasteiger partial charge in [0.25, 0.3) is 5.91 Å². The maximum atomic E-state index is 12.8. The molecule has 0 fully saturated rings. The van der Waals surface area contributed by atoms with Gasteiger partial charge in [0.1, 0.15) is 24.0 Å². The number of rotatable bonds is 7. The van der Waals surface area contributed by atoms with E-state index in [1.807, 2.05) is 32.0 Å². The zero-order valence-electron chi connectivity index (χ0n) is 18.1. The summed E-state index contributed by atoms with van der Waals surface area (Å²) in [4.78, 5) is 23.8. The maximum absolute atomic E-state index is 12.8. The molecule has 0 atom stereocenters. The molecule has 0 saturated carbocycles. The molecular formula is C26H21BrN2O4. The van der Waals surface area contributed by atoms with Gasteiger partial charge in [-0.05, 0) is 73.0 Å². The van der Waals surface area contributed by atoms with Gasteiger partial charge in [-0.25, -0.2) is 4.79 Å². The smallest absolute Gasteiger partial charge is 0.335 e. The van der Waals surface area contributed by atoms with Crippen molar-refractivity contribution in [1.82, 2.24) is 0 Å². The fourth-order valence-corrected chi connectivity index (χ4v) is 3.43. The van der Waals surface area contributed by atoms with Crippen LogP contribution in [0.15, 0.2) is 70.7 Å². The van der Waals surface area contributed by atoms with Gasteiger partial charge in [0, 0.05) is 15.7 Å². The Bertz CT molecular complexity index is 1270. The van der Waals surface area contributed by atoms with Crippen LogP contribution in [0.3, 0.4) is 0 Å². The minimum atomic E-state index is -0.994. The van der Waals surface area contributed by atoms with E-state index in [0.717, 1.165) is 21.2 Å². The van der Waals surface area contributed by atoms with Crippen molar-refractivity contribution >= 4 is 39.6 Å². The summed E-state index contributed by atoms with van der Waals surface area (Å²) >= 11 is 3.41. The molecule has 0 aliphatic carbocycles. The summed E-state index contributed by atoms with van der Waals surface area (Å²) in [5.74, 6) is -1.03. The summed E-state index contributed by atoms with van der Waals surface area (Å²) in [6, 6.07) is 19.2. The number of nitrogens with zero attached hydrogens (tertiary/aromatic N) is 1. The summed E-state index contributed by atoms with van der Waals surface area (Å²) in [5, 5.41) is 21.4. The summed E-state index contributed by atoms with van der Waals surface area (Å²) < 4.78 is 6.67. The number of anilines is 1. The molecule has 1 amide bonds. The highest BCUT2D eigenvalue weighted by Gasteiger charge is 2.14. The van der Waals surface area contributed by atoms with Crippen LogP contribution in [0.2, 0.25) is 0 Å². The lowest BCUT2D eigenvalue weighted by Crippen LogP contribution is -2.14. The Kier molecular flexibility index (Phi) is 7.65. The third-order valence-electron chi connectivity index (χ3n) is 5.08. The van der Waals surface area contributed by atoms with Gasteiger partial charge < -0.3 is 15.2 Å². The monoisotopic (exact) mass is 504 g/mol. The van der Waals surface area contributed by atoms with Crippen molar-refractivity contribution in [3.8, 4) is 11.8 Å². The maximum Gasteiger partial charge on any atom is 0.335 e. The second-order valence-electron chi connectivity index (χ2n) is 7.34. The van der Waals surface area contributed by atoms with Crippen LogP contribution in [0.5, 0.6) is 5.75 Å². The molecule has 0 heterocycles. The van der Waals surface area contributed by atoms with Crippen LogP contribution < -0.4 is 10.1 Å². The number of carboxylic acid groups (broad SMARTS) is 1. The van der Waals surface area contributed by atoms with Crippen molar-refractivity contribution in [3.05, 3.63) is 98.5 Å². The van der Waals surface area contributed by atoms with Crippen molar-refractivity contribution in [3.63, 3.8) is 0 Å². The van der Waals surface area contributed by atoms with Gasteiger partial charge in [-0.2, -0.15) is 5.26 Å². The van der Waals surface area contributed by atoms with E-state index in [2.05, 4.69) is 21.2 Å². The van der Waals surface area contributed by atoms with E-state index < -0.39 is 11.9 Å². The Morgan fingerprint density at radius 2 is 1.85 bits per heavy atom. The largest absolute Gasteiger partial charge is 0.488 e. The van der Waals surface area contributed by atoms with E-state index in [0.29, 0.717) is 17.0 Å². The number of nitriles is 1. The normalized spacial score (nSPS) is 10.9. The van der Waals surface area contributed by atoms with Crippen LogP contribution in [0.4, 0.5) is 5.69 Å². The number of aryl methyl sites for hydroxylation is 1. The van der Waals surface area contributed by atoms with Gasteiger partial charge in [0.05, 0.1) is 5.56 Å². The highest BCUT2D eigenvalue weighted by atomic mass is 79.9. The molecule has 0 radical (unpaired) electrons. The van der Waals surface area contributed by atoms with Crippen LogP contribution in [-0.4, -0.2) is 17.0 Å². The molecule has 6 nitrogen and oxygen atoms in total. The lowest BCUT2D eigenvalue weighted by atomic mass is 10.1. The number of benzene rings is 3. The van der Waals surface area contributed by atoms with Gasteiger partial charge in [0.2, 0.25) is 0 Å². The number of ether oxygens (including phenoxy) is 1. The Balaban J connectivity index is 1.82. The van der Waals surface area contributed by atoms with E-state index in [9.17, 15) is 14.9 Å². The first-order chi connectivity index (χ1) is 15.8. The lowest BCUT2D eigenvalue weighted by molar-refractivity contribution is -0.112. The number of halogens is 1. The van der Waals surface area contributed by atoms with Crippen LogP contribution in [-0.2, 0) is 11.4 Å². The quantitative estimate of drug-likeness (QED) is 0.308. The van der Waals surface area contributed by atoms with Gasteiger partial charge in [0.15, 0.2) is 0 Å². The van der Waals surface area contributed by atoms with Gasteiger partial charge in [-0.1, -0.05) is 40.2 Å². The first-order valence-electron chi connectivity index (χ1n) is 10.0. The molecular weight excluding hydrogens is 484 g/mol. The third-order valence-corrected chi connectivity index (χ3v) is 5.58. The zero-order chi connectivity index (χ0) is 24.0. The second kappa shape index (κ2) is 10.6.